The van der Waals surface area contributed by atoms with E-state index >= 15 is 0 Å². The standard InChI is InChI=1S/C20H23N/c1-3-18(16-10-6-5-7-11-16)19-14-8-12-17-13-9-15-21(4-2)20(17)19/h3,5-8,10-12,14H,4,9,13,15H2,1-2H3/b18-3-. The third kappa shape index (κ3) is 2.61. The Hall–Kier alpha value is -2.02. The lowest BCUT2D eigenvalue weighted by atomic mass is 9.90. The van der Waals surface area contributed by atoms with E-state index in [-0.39, 0.29) is 0 Å². The van der Waals surface area contributed by atoms with E-state index < -0.39 is 0 Å². The molecule has 108 valence electrons. The topological polar surface area (TPSA) is 3.24 Å². The van der Waals surface area contributed by atoms with Crippen LogP contribution in [0, 0.1) is 0 Å². The van der Waals surface area contributed by atoms with E-state index in [1.807, 2.05) is 0 Å². The van der Waals surface area contributed by atoms with Crippen molar-refractivity contribution in [3.05, 3.63) is 71.3 Å². The molecule has 0 radical (unpaired) electrons. The lowest BCUT2D eigenvalue weighted by molar-refractivity contribution is 0.707. The maximum atomic E-state index is 2.53. The summed E-state index contributed by atoms with van der Waals surface area (Å²) in [5.41, 5.74) is 6.96. The van der Waals surface area contributed by atoms with Crippen LogP contribution < -0.4 is 4.90 Å². The van der Waals surface area contributed by atoms with Gasteiger partial charge in [-0.15, -0.1) is 0 Å². The molecule has 1 nitrogen and oxygen atoms in total. The fraction of sp³-hybridized carbons (Fsp3) is 0.300. The molecule has 0 N–H and O–H groups in total. The number of allylic oxidation sites excluding steroid dienone is 1. The largest absolute Gasteiger partial charge is 0.371 e. The van der Waals surface area contributed by atoms with E-state index in [0.29, 0.717) is 0 Å². The van der Waals surface area contributed by atoms with Crippen LogP contribution >= 0.6 is 0 Å². The van der Waals surface area contributed by atoms with Gasteiger partial charge < -0.3 is 4.90 Å². The van der Waals surface area contributed by atoms with Crippen molar-refractivity contribution < 1.29 is 0 Å². The Labute approximate surface area is 127 Å². The summed E-state index contributed by atoms with van der Waals surface area (Å²) in [7, 11) is 0. The molecule has 0 aliphatic carbocycles. The highest BCUT2D eigenvalue weighted by atomic mass is 15.1. The van der Waals surface area contributed by atoms with Gasteiger partial charge in [0.2, 0.25) is 0 Å². The minimum Gasteiger partial charge on any atom is -0.371 e. The highest BCUT2D eigenvalue weighted by molar-refractivity contribution is 5.87. The SMILES string of the molecule is C/C=C(/c1ccccc1)c1cccc2c1N(CC)CCC2. The second kappa shape index (κ2) is 6.17. The fourth-order valence-corrected chi connectivity index (χ4v) is 3.37. The number of fused-ring (bicyclic) bond motifs is 1. The van der Waals surface area contributed by atoms with Gasteiger partial charge in [0.05, 0.1) is 0 Å². The van der Waals surface area contributed by atoms with Gasteiger partial charge in [-0.25, -0.2) is 0 Å². The molecule has 0 atom stereocenters. The van der Waals surface area contributed by atoms with E-state index in [1.54, 1.807) is 0 Å². The van der Waals surface area contributed by atoms with Crippen molar-refractivity contribution >= 4 is 11.3 Å². The third-order valence-corrected chi connectivity index (χ3v) is 4.36. The van der Waals surface area contributed by atoms with Crippen molar-refractivity contribution in [2.75, 3.05) is 18.0 Å². The zero-order chi connectivity index (χ0) is 14.7. The zero-order valence-electron chi connectivity index (χ0n) is 13.0. The Morgan fingerprint density at radius 3 is 2.62 bits per heavy atom. The minimum atomic E-state index is 1.08. The van der Waals surface area contributed by atoms with Crippen LogP contribution in [-0.2, 0) is 6.42 Å². The molecule has 1 heteroatoms. The maximum Gasteiger partial charge on any atom is 0.0478 e. The Morgan fingerprint density at radius 1 is 1.10 bits per heavy atom. The van der Waals surface area contributed by atoms with Crippen molar-refractivity contribution in [3.63, 3.8) is 0 Å². The second-order valence-corrected chi connectivity index (χ2v) is 5.56. The van der Waals surface area contributed by atoms with Crippen LogP contribution in [0.3, 0.4) is 0 Å². The highest BCUT2D eigenvalue weighted by Crippen LogP contribution is 2.37. The predicted octanol–water partition coefficient (Wildman–Crippen LogP) is 4.91. The van der Waals surface area contributed by atoms with Crippen LogP contribution in [0.25, 0.3) is 5.57 Å². The molecule has 1 aliphatic rings. The highest BCUT2D eigenvalue weighted by Gasteiger charge is 2.20. The lowest BCUT2D eigenvalue weighted by Crippen LogP contribution is -2.30. The molecule has 3 rings (SSSR count). The van der Waals surface area contributed by atoms with Crippen molar-refractivity contribution in [3.8, 4) is 0 Å². The Balaban J connectivity index is 2.14. The van der Waals surface area contributed by atoms with Crippen LogP contribution in [-0.4, -0.2) is 13.1 Å². The molecule has 0 saturated carbocycles. The van der Waals surface area contributed by atoms with Gasteiger partial charge in [0.15, 0.2) is 0 Å². The number of benzene rings is 2. The summed E-state index contributed by atoms with van der Waals surface area (Å²) >= 11 is 0. The van der Waals surface area contributed by atoms with Crippen LogP contribution in [0.5, 0.6) is 0 Å². The molecule has 0 amide bonds. The van der Waals surface area contributed by atoms with E-state index in [2.05, 4.69) is 73.4 Å². The summed E-state index contributed by atoms with van der Waals surface area (Å²) in [6.45, 7) is 6.65. The molecule has 1 aliphatic heterocycles. The van der Waals surface area contributed by atoms with Crippen molar-refractivity contribution in [1.82, 2.24) is 0 Å². The Bertz CT molecular complexity index is 640. The van der Waals surface area contributed by atoms with Crippen LogP contribution in [0.4, 0.5) is 5.69 Å². The summed E-state index contributed by atoms with van der Waals surface area (Å²) in [5, 5.41) is 0. The van der Waals surface area contributed by atoms with Crippen LogP contribution in [0.2, 0.25) is 0 Å². The molecule has 0 fully saturated rings. The molecule has 0 aromatic heterocycles. The van der Waals surface area contributed by atoms with Gasteiger partial charge in [-0.1, -0.05) is 54.6 Å². The second-order valence-electron chi connectivity index (χ2n) is 5.56. The number of rotatable bonds is 3. The molecule has 0 saturated heterocycles. The molecular weight excluding hydrogens is 254 g/mol. The van der Waals surface area contributed by atoms with Crippen molar-refractivity contribution in [2.24, 2.45) is 0 Å². The monoisotopic (exact) mass is 277 g/mol. The number of anilines is 1. The number of para-hydroxylation sites is 1. The smallest absolute Gasteiger partial charge is 0.0478 e. The van der Waals surface area contributed by atoms with E-state index in [1.165, 1.54) is 47.3 Å². The average Bonchev–Trinajstić information content (AvgIpc) is 2.56. The maximum absolute atomic E-state index is 2.53. The van der Waals surface area contributed by atoms with Crippen LogP contribution in [0.15, 0.2) is 54.6 Å². The Morgan fingerprint density at radius 2 is 1.90 bits per heavy atom. The molecule has 2 aromatic rings. The van der Waals surface area contributed by atoms with Gasteiger partial charge >= 0.3 is 0 Å². The molecule has 0 spiro atoms. The molecule has 0 bridgehead atoms. The number of hydrogen-bond acceptors (Lipinski definition) is 1. The first-order valence-electron chi connectivity index (χ1n) is 7.94. The number of aryl methyl sites for hydroxylation is 1. The van der Waals surface area contributed by atoms with E-state index in [4.69, 9.17) is 0 Å². The first-order chi connectivity index (χ1) is 10.3. The van der Waals surface area contributed by atoms with Crippen molar-refractivity contribution in [2.45, 2.75) is 26.7 Å². The zero-order valence-corrected chi connectivity index (χ0v) is 13.0. The van der Waals surface area contributed by atoms with Crippen molar-refractivity contribution in [1.29, 1.82) is 0 Å². The first-order valence-corrected chi connectivity index (χ1v) is 7.94. The normalized spacial score (nSPS) is 15.0. The fourth-order valence-electron chi connectivity index (χ4n) is 3.37. The van der Waals surface area contributed by atoms with E-state index in [0.717, 1.165) is 6.54 Å². The van der Waals surface area contributed by atoms with Crippen LogP contribution in [0.1, 0.15) is 37.0 Å². The third-order valence-electron chi connectivity index (χ3n) is 4.36. The predicted molar refractivity (Wildman–Crippen MR) is 91.8 cm³/mol. The first kappa shape index (κ1) is 13.9. The summed E-state index contributed by atoms with van der Waals surface area (Å²) in [6.07, 6.45) is 4.71. The molecule has 21 heavy (non-hydrogen) atoms. The molecular formula is C20H23N. The number of nitrogens with zero attached hydrogens (tertiary/aromatic N) is 1. The minimum absolute atomic E-state index is 1.08. The average molecular weight is 277 g/mol. The summed E-state index contributed by atoms with van der Waals surface area (Å²) in [4.78, 5) is 2.53. The van der Waals surface area contributed by atoms with Gasteiger partial charge in [0, 0.05) is 24.3 Å². The summed E-state index contributed by atoms with van der Waals surface area (Å²) < 4.78 is 0. The number of hydrogen-bond donors (Lipinski definition) is 0. The Kier molecular flexibility index (Phi) is 4.10. The van der Waals surface area contributed by atoms with Gasteiger partial charge in [-0.3, -0.25) is 0 Å². The van der Waals surface area contributed by atoms with E-state index in [9.17, 15) is 0 Å². The summed E-state index contributed by atoms with van der Waals surface area (Å²) in [5.74, 6) is 0. The van der Waals surface area contributed by atoms with Gasteiger partial charge in [0.25, 0.3) is 0 Å². The van der Waals surface area contributed by atoms with Gasteiger partial charge in [-0.05, 0) is 43.4 Å². The molecule has 2 aromatic carbocycles. The molecule has 1 heterocycles. The lowest BCUT2D eigenvalue weighted by Gasteiger charge is -2.33. The van der Waals surface area contributed by atoms with Gasteiger partial charge in [-0.2, -0.15) is 0 Å². The molecule has 0 unspecified atom stereocenters. The summed E-state index contributed by atoms with van der Waals surface area (Å²) in [6, 6.07) is 17.5. The van der Waals surface area contributed by atoms with Gasteiger partial charge in [0.1, 0.15) is 0 Å². The quantitative estimate of drug-likeness (QED) is 0.770.